The molecule has 7 heteroatoms. The van der Waals surface area contributed by atoms with E-state index in [-0.39, 0.29) is 29.4 Å². The van der Waals surface area contributed by atoms with Crippen LogP contribution in [-0.2, 0) is 0 Å². The molecule has 0 radical (unpaired) electrons. The van der Waals surface area contributed by atoms with Crippen molar-refractivity contribution in [2.24, 2.45) is 5.84 Å². The SMILES string of the molecule is Cl.NNc1ccc(-c2c(O)cccc2F)nn1. The van der Waals surface area contributed by atoms with Crippen LogP contribution in [0, 0.1) is 5.82 Å². The predicted molar refractivity (Wildman–Crippen MR) is 64.1 cm³/mol. The van der Waals surface area contributed by atoms with Gasteiger partial charge in [0.05, 0.1) is 11.3 Å². The predicted octanol–water partition coefficient (Wildman–Crippen LogP) is 1.70. The van der Waals surface area contributed by atoms with Crippen LogP contribution in [-0.4, -0.2) is 15.3 Å². The molecule has 2 rings (SSSR count). The van der Waals surface area contributed by atoms with Crippen molar-refractivity contribution in [1.82, 2.24) is 10.2 Å². The molecule has 1 heterocycles. The summed E-state index contributed by atoms with van der Waals surface area (Å²) in [5.74, 6) is 4.75. The van der Waals surface area contributed by atoms with Gasteiger partial charge in [-0.05, 0) is 24.3 Å². The number of aromatic hydroxyl groups is 1. The van der Waals surface area contributed by atoms with Gasteiger partial charge in [0.15, 0.2) is 5.82 Å². The fourth-order valence-corrected chi connectivity index (χ4v) is 1.31. The number of phenols is 1. The van der Waals surface area contributed by atoms with Crippen LogP contribution in [0.3, 0.4) is 0 Å². The number of halogens is 2. The average Bonchev–Trinajstić information content (AvgIpc) is 2.30. The van der Waals surface area contributed by atoms with Crippen LogP contribution in [0.5, 0.6) is 5.75 Å². The molecular weight excluding hydrogens is 247 g/mol. The second-order valence-corrected chi connectivity index (χ2v) is 3.08. The lowest BCUT2D eigenvalue weighted by Gasteiger charge is -2.05. The number of nitrogens with two attached hydrogens (primary N) is 1. The number of rotatable bonds is 2. The smallest absolute Gasteiger partial charge is 0.162 e. The van der Waals surface area contributed by atoms with Gasteiger partial charge in [-0.1, -0.05) is 6.07 Å². The summed E-state index contributed by atoms with van der Waals surface area (Å²) >= 11 is 0. The molecule has 0 aliphatic rings. The van der Waals surface area contributed by atoms with Gasteiger partial charge >= 0.3 is 0 Å². The minimum Gasteiger partial charge on any atom is -0.507 e. The first-order valence-corrected chi connectivity index (χ1v) is 4.50. The van der Waals surface area contributed by atoms with Gasteiger partial charge in [0.1, 0.15) is 11.6 Å². The first-order valence-electron chi connectivity index (χ1n) is 4.50. The first kappa shape index (κ1) is 13.1. The summed E-state index contributed by atoms with van der Waals surface area (Å²) in [6.07, 6.45) is 0. The number of nitrogens with zero attached hydrogens (tertiary/aromatic N) is 2. The van der Waals surface area contributed by atoms with Crippen LogP contribution in [0.2, 0.25) is 0 Å². The summed E-state index contributed by atoms with van der Waals surface area (Å²) in [5.41, 5.74) is 2.58. The Balaban J connectivity index is 0.00000144. The molecule has 0 bridgehead atoms. The van der Waals surface area contributed by atoms with Crippen LogP contribution in [0.15, 0.2) is 30.3 Å². The molecule has 5 nitrogen and oxygen atoms in total. The van der Waals surface area contributed by atoms with Gasteiger partial charge in [-0.3, -0.25) is 0 Å². The number of nitrogen functional groups attached to an aromatic ring is 1. The van der Waals surface area contributed by atoms with Crippen LogP contribution in [0.25, 0.3) is 11.3 Å². The fraction of sp³-hybridized carbons (Fsp3) is 0. The van der Waals surface area contributed by atoms with Crippen molar-refractivity contribution in [3.05, 3.63) is 36.1 Å². The van der Waals surface area contributed by atoms with Gasteiger partial charge in [-0.15, -0.1) is 22.6 Å². The van der Waals surface area contributed by atoms with E-state index >= 15 is 0 Å². The Kier molecular flexibility index (Phi) is 4.19. The van der Waals surface area contributed by atoms with E-state index in [9.17, 15) is 9.50 Å². The molecule has 0 fully saturated rings. The van der Waals surface area contributed by atoms with Gasteiger partial charge in [0, 0.05) is 0 Å². The number of nitrogens with one attached hydrogen (secondary N) is 1. The van der Waals surface area contributed by atoms with E-state index in [1.165, 1.54) is 30.3 Å². The van der Waals surface area contributed by atoms with Crippen LogP contribution in [0.1, 0.15) is 0 Å². The summed E-state index contributed by atoms with van der Waals surface area (Å²) in [6.45, 7) is 0. The standard InChI is InChI=1S/C10H9FN4O.ClH/c11-6-2-1-3-8(16)10(6)7-4-5-9(13-12)15-14-7;/h1-5,16H,12H2,(H,13,15);1H. The normalized spacial score (nSPS) is 9.53. The number of hydrazine groups is 1. The lowest BCUT2D eigenvalue weighted by molar-refractivity contribution is 0.471. The summed E-state index contributed by atoms with van der Waals surface area (Å²) in [4.78, 5) is 0. The van der Waals surface area contributed by atoms with Gasteiger partial charge in [-0.25, -0.2) is 10.2 Å². The second kappa shape index (κ2) is 5.42. The highest BCUT2D eigenvalue weighted by Gasteiger charge is 2.11. The molecule has 0 atom stereocenters. The summed E-state index contributed by atoms with van der Waals surface area (Å²) in [5, 5.41) is 17.0. The molecule has 1 aromatic heterocycles. The van der Waals surface area contributed by atoms with Crippen molar-refractivity contribution < 1.29 is 9.50 Å². The van der Waals surface area contributed by atoms with E-state index in [2.05, 4.69) is 15.6 Å². The monoisotopic (exact) mass is 256 g/mol. The highest BCUT2D eigenvalue weighted by Crippen LogP contribution is 2.29. The molecule has 0 saturated heterocycles. The third-order valence-electron chi connectivity index (χ3n) is 2.06. The molecule has 0 aliphatic carbocycles. The number of hydrogen-bond donors (Lipinski definition) is 3. The zero-order valence-corrected chi connectivity index (χ0v) is 9.41. The Morgan fingerprint density at radius 3 is 2.47 bits per heavy atom. The molecule has 17 heavy (non-hydrogen) atoms. The Bertz CT molecular complexity index is 486. The zero-order valence-electron chi connectivity index (χ0n) is 8.59. The average molecular weight is 257 g/mol. The van der Waals surface area contributed by atoms with E-state index in [4.69, 9.17) is 5.84 Å². The first-order chi connectivity index (χ1) is 7.72. The van der Waals surface area contributed by atoms with Crippen molar-refractivity contribution in [2.45, 2.75) is 0 Å². The molecule has 0 amide bonds. The quantitative estimate of drug-likeness (QED) is 0.563. The second-order valence-electron chi connectivity index (χ2n) is 3.08. The Morgan fingerprint density at radius 1 is 1.18 bits per heavy atom. The molecule has 0 spiro atoms. The van der Waals surface area contributed by atoms with Gasteiger partial charge in [-0.2, -0.15) is 0 Å². The molecule has 2 aromatic rings. The molecule has 0 unspecified atom stereocenters. The van der Waals surface area contributed by atoms with Gasteiger partial charge < -0.3 is 10.5 Å². The lowest BCUT2D eigenvalue weighted by atomic mass is 10.1. The topological polar surface area (TPSA) is 84.1 Å². The van der Waals surface area contributed by atoms with Crippen LogP contribution < -0.4 is 11.3 Å². The molecule has 4 N–H and O–H groups in total. The van der Waals surface area contributed by atoms with E-state index in [0.717, 1.165) is 0 Å². The fourth-order valence-electron chi connectivity index (χ4n) is 1.31. The Morgan fingerprint density at radius 2 is 1.94 bits per heavy atom. The van der Waals surface area contributed by atoms with E-state index in [1.807, 2.05) is 0 Å². The van der Waals surface area contributed by atoms with Crippen molar-refractivity contribution in [3.63, 3.8) is 0 Å². The Hall–Kier alpha value is -1.92. The Labute approximate surface area is 103 Å². The molecule has 0 aliphatic heterocycles. The minimum absolute atomic E-state index is 0. The van der Waals surface area contributed by atoms with Crippen LogP contribution in [0.4, 0.5) is 10.2 Å². The lowest BCUT2D eigenvalue weighted by Crippen LogP contribution is -2.09. The number of anilines is 1. The molecule has 1 aromatic carbocycles. The number of aromatic nitrogens is 2. The number of hydrogen-bond acceptors (Lipinski definition) is 5. The van der Waals surface area contributed by atoms with Crippen LogP contribution >= 0.6 is 12.4 Å². The van der Waals surface area contributed by atoms with E-state index in [0.29, 0.717) is 5.82 Å². The zero-order chi connectivity index (χ0) is 11.5. The van der Waals surface area contributed by atoms with Crippen molar-refractivity contribution in [1.29, 1.82) is 0 Å². The maximum atomic E-state index is 13.5. The largest absolute Gasteiger partial charge is 0.507 e. The molecule has 90 valence electrons. The van der Waals surface area contributed by atoms with E-state index in [1.54, 1.807) is 0 Å². The highest BCUT2D eigenvalue weighted by atomic mass is 35.5. The summed E-state index contributed by atoms with van der Waals surface area (Å²) in [7, 11) is 0. The summed E-state index contributed by atoms with van der Waals surface area (Å²) in [6, 6.07) is 7.09. The third kappa shape index (κ3) is 2.61. The number of benzene rings is 1. The minimum atomic E-state index is -0.553. The van der Waals surface area contributed by atoms with Crippen molar-refractivity contribution in [2.75, 3.05) is 5.43 Å². The van der Waals surface area contributed by atoms with Gasteiger partial charge in [0.2, 0.25) is 0 Å². The number of phenolic OH excluding ortho intramolecular Hbond substituents is 1. The van der Waals surface area contributed by atoms with Crippen molar-refractivity contribution in [3.8, 4) is 17.0 Å². The maximum absolute atomic E-state index is 13.5. The van der Waals surface area contributed by atoms with Gasteiger partial charge in [0.25, 0.3) is 0 Å². The molecule has 0 saturated carbocycles. The van der Waals surface area contributed by atoms with E-state index < -0.39 is 5.82 Å². The highest BCUT2D eigenvalue weighted by molar-refractivity contribution is 5.85. The summed E-state index contributed by atoms with van der Waals surface area (Å²) < 4.78 is 13.5. The van der Waals surface area contributed by atoms with Crippen molar-refractivity contribution >= 4 is 18.2 Å². The third-order valence-corrected chi connectivity index (χ3v) is 2.06. The molecular formula is C10H10ClFN4O. The maximum Gasteiger partial charge on any atom is 0.162 e.